The number of Topliss-reactive ketones (excluding diaryl/α,β-unsaturated/α-hetero) is 1. The Morgan fingerprint density at radius 3 is 2.64 bits per heavy atom. The monoisotopic (exact) mass is 209 g/mol. The van der Waals surface area contributed by atoms with Crippen LogP contribution in [0, 0.1) is 0 Å². The molecule has 1 aromatic heterocycles. The van der Waals surface area contributed by atoms with Gasteiger partial charge in [-0.15, -0.1) is 0 Å². The molecule has 2 nitrogen and oxygen atoms in total. The third-order valence-corrected chi connectivity index (χ3v) is 3.66. The topological polar surface area (TPSA) is 43.1 Å². The highest BCUT2D eigenvalue weighted by molar-refractivity contribution is 7.08. The normalized spacial score (nSPS) is 20.6. The highest BCUT2D eigenvalue weighted by Gasteiger charge is 2.35. The van der Waals surface area contributed by atoms with Crippen molar-refractivity contribution in [1.82, 2.24) is 0 Å². The third-order valence-electron chi connectivity index (χ3n) is 2.98. The maximum atomic E-state index is 12.1. The van der Waals surface area contributed by atoms with Crippen LogP contribution in [-0.4, -0.2) is 11.3 Å². The van der Waals surface area contributed by atoms with Crippen molar-refractivity contribution in [3.05, 3.63) is 22.4 Å². The number of rotatable bonds is 2. The minimum absolute atomic E-state index is 0.137. The average Bonchev–Trinajstić information content (AvgIpc) is 2.70. The number of ketones is 1. The van der Waals surface area contributed by atoms with Crippen LogP contribution in [0.3, 0.4) is 0 Å². The molecular weight excluding hydrogens is 194 g/mol. The molecule has 1 aliphatic rings. The fourth-order valence-electron chi connectivity index (χ4n) is 2.09. The molecule has 0 aromatic carbocycles. The highest BCUT2D eigenvalue weighted by atomic mass is 32.1. The van der Waals surface area contributed by atoms with E-state index in [0.717, 1.165) is 31.2 Å². The first-order valence-corrected chi connectivity index (χ1v) is 6.02. The standard InChI is InChI=1S/C11H15NOS/c12-11(5-2-1-3-6-11)10(13)9-4-7-14-8-9/h4,7-8H,1-3,5-6,12H2. The summed E-state index contributed by atoms with van der Waals surface area (Å²) >= 11 is 1.55. The number of hydrogen-bond acceptors (Lipinski definition) is 3. The van der Waals surface area contributed by atoms with Crippen molar-refractivity contribution in [3.63, 3.8) is 0 Å². The van der Waals surface area contributed by atoms with E-state index in [9.17, 15) is 4.79 Å². The lowest BCUT2D eigenvalue weighted by atomic mass is 9.78. The number of nitrogens with two attached hydrogens (primary N) is 1. The molecule has 0 aliphatic heterocycles. The van der Waals surface area contributed by atoms with Crippen LogP contribution in [0.1, 0.15) is 42.5 Å². The summed E-state index contributed by atoms with van der Waals surface area (Å²) in [5.41, 5.74) is 6.37. The second kappa shape index (κ2) is 3.83. The van der Waals surface area contributed by atoms with Gasteiger partial charge in [0.05, 0.1) is 5.54 Å². The summed E-state index contributed by atoms with van der Waals surface area (Å²) in [7, 11) is 0. The van der Waals surface area contributed by atoms with Gasteiger partial charge in [0.15, 0.2) is 5.78 Å². The molecule has 14 heavy (non-hydrogen) atoms. The second-order valence-corrected chi connectivity index (χ2v) is 4.84. The largest absolute Gasteiger partial charge is 0.319 e. The summed E-state index contributed by atoms with van der Waals surface area (Å²) in [4.78, 5) is 12.1. The first-order chi connectivity index (χ1) is 6.72. The van der Waals surface area contributed by atoms with Crippen LogP contribution in [0.2, 0.25) is 0 Å². The molecule has 1 heterocycles. The molecule has 1 saturated carbocycles. The van der Waals surface area contributed by atoms with Gasteiger partial charge in [0.1, 0.15) is 0 Å². The van der Waals surface area contributed by atoms with E-state index in [1.807, 2.05) is 16.8 Å². The third kappa shape index (κ3) is 1.74. The van der Waals surface area contributed by atoms with Crippen LogP contribution in [0.5, 0.6) is 0 Å². The summed E-state index contributed by atoms with van der Waals surface area (Å²) < 4.78 is 0. The second-order valence-electron chi connectivity index (χ2n) is 4.06. The molecule has 0 unspecified atom stereocenters. The molecule has 0 amide bonds. The first kappa shape index (κ1) is 9.87. The molecule has 0 radical (unpaired) electrons. The van der Waals surface area contributed by atoms with Crippen LogP contribution < -0.4 is 5.73 Å². The number of hydrogen-bond donors (Lipinski definition) is 1. The Hall–Kier alpha value is -0.670. The fraction of sp³-hybridized carbons (Fsp3) is 0.545. The van der Waals surface area contributed by atoms with Crippen molar-refractivity contribution >= 4 is 17.1 Å². The number of thiophene rings is 1. The van der Waals surface area contributed by atoms with E-state index in [-0.39, 0.29) is 5.78 Å². The number of carbonyl (C=O) groups is 1. The van der Waals surface area contributed by atoms with Gasteiger partial charge in [0.2, 0.25) is 0 Å². The van der Waals surface area contributed by atoms with Crippen molar-refractivity contribution in [2.75, 3.05) is 0 Å². The Kier molecular flexibility index (Phi) is 2.70. The molecule has 2 rings (SSSR count). The Morgan fingerprint density at radius 2 is 2.07 bits per heavy atom. The van der Waals surface area contributed by atoms with E-state index in [4.69, 9.17) is 5.73 Å². The average molecular weight is 209 g/mol. The van der Waals surface area contributed by atoms with Gasteiger partial charge in [-0.1, -0.05) is 19.3 Å². The molecule has 0 spiro atoms. The first-order valence-electron chi connectivity index (χ1n) is 5.08. The van der Waals surface area contributed by atoms with Gasteiger partial charge in [0, 0.05) is 10.9 Å². The van der Waals surface area contributed by atoms with E-state index in [2.05, 4.69) is 0 Å². The van der Waals surface area contributed by atoms with Gasteiger partial charge in [-0.05, 0) is 24.3 Å². The van der Waals surface area contributed by atoms with E-state index >= 15 is 0 Å². The van der Waals surface area contributed by atoms with Crippen LogP contribution >= 0.6 is 11.3 Å². The molecule has 1 fully saturated rings. The van der Waals surface area contributed by atoms with Gasteiger partial charge >= 0.3 is 0 Å². The summed E-state index contributed by atoms with van der Waals surface area (Å²) in [6.07, 6.45) is 5.10. The maximum absolute atomic E-state index is 12.1. The Morgan fingerprint density at radius 1 is 1.36 bits per heavy atom. The van der Waals surface area contributed by atoms with E-state index in [0.29, 0.717) is 0 Å². The molecule has 0 saturated heterocycles. The molecule has 2 N–H and O–H groups in total. The molecule has 76 valence electrons. The van der Waals surface area contributed by atoms with Crippen LogP contribution in [0.25, 0.3) is 0 Å². The minimum atomic E-state index is -0.570. The lowest BCUT2D eigenvalue weighted by Crippen LogP contribution is -2.49. The van der Waals surface area contributed by atoms with Crippen molar-refractivity contribution in [2.24, 2.45) is 5.73 Å². The molecular formula is C11H15NOS. The van der Waals surface area contributed by atoms with Crippen LogP contribution in [0.4, 0.5) is 0 Å². The van der Waals surface area contributed by atoms with Crippen LogP contribution in [0.15, 0.2) is 16.8 Å². The van der Waals surface area contributed by atoms with Gasteiger partial charge in [-0.2, -0.15) is 11.3 Å². The Labute approximate surface area is 88.1 Å². The summed E-state index contributed by atoms with van der Waals surface area (Å²) in [6, 6.07) is 1.87. The van der Waals surface area contributed by atoms with Crippen LogP contribution in [-0.2, 0) is 0 Å². The van der Waals surface area contributed by atoms with E-state index < -0.39 is 5.54 Å². The zero-order chi connectivity index (χ0) is 10.0. The lowest BCUT2D eigenvalue weighted by molar-refractivity contribution is 0.0848. The van der Waals surface area contributed by atoms with Gasteiger partial charge in [0.25, 0.3) is 0 Å². The SMILES string of the molecule is NC1(C(=O)c2ccsc2)CCCCC1. The van der Waals surface area contributed by atoms with Crippen molar-refractivity contribution in [1.29, 1.82) is 0 Å². The fourth-order valence-corrected chi connectivity index (χ4v) is 2.73. The smallest absolute Gasteiger partial charge is 0.183 e. The highest BCUT2D eigenvalue weighted by Crippen LogP contribution is 2.29. The molecule has 1 aliphatic carbocycles. The van der Waals surface area contributed by atoms with Gasteiger partial charge in [-0.3, -0.25) is 4.79 Å². The van der Waals surface area contributed by atoms with Crippen molar-refractivity contribution in [2.45, 2.75) is 37.6 Å². The maximum Gasteiger partial charge on any atom is 0.183 e. The predicted molar refractivity (Wildman–Crippen MR) is 58.7 cm³/mol. The summed E-state index contributed by atoms with van der Waals surface area (Å²) in [6.45, 7) is 0. The zero-order valence-corrected chi connectivity index (χ0v) is 8.98. The van der Waals surface area contributed by atoms with E-state index in [1.165, 1.54) is 6.42 Å². The van der Waals surface area contributed by atoms with E-state index in [1.54, 1.807) is 11.3 Å². The Bertz CT molecular complexity index is 312. The predicted octanol–water partition coefficient (Wildman–Crippen LogP) is 2.59. The molecule has 0 atom stereocenters. The summed E-state index contributed by atoms with van der Waals surface area (Å²) in [5.74, 6) is 0.137. The lowest BCUT2D eigenvalue weighted by Gasteiger charge is -2.31. The van der Waals surface area contributed by atoms with Crippen molar-refractivity contribution in [3.8, 4) is 0 Å². The number of carbonyl (C=O) groups excluding carboxylic acids is 1. The molecule has 3 heteroatoms. The quantitative estimate of drug-likeness (QED) is 0.761. The van der Waals surface area contributed by atoms with Crippen molar-refractivity contribution < 1.29 is 4.79 Å². The molecule has 1 aromatic rings. The molecule has 0 bridgehead atoms. The van der Waals surface area contributed by atoms with Gasteiger partial charge in [-0.25, -0.2) is 0 Å². The Balaban J connectivity index is 2.17. The summed E-state index contributed by atoms with van der Waals surface area (Å²) in [5, 5.41) is 3.82. The van der Waals surface area contributed by atoms with Gasteiger partial charge < -0.3 is 5.73 Å². The minimum Gasteiger partial charge on any atom is -0.319 e. The zero-order valence-electron chi connectivity index (χ0n) is 8.16.